The van der Waals surface area contributed by atoms with Crippen LogP contribution in [0.5, 0.6) is 0 Å². The molecule has 0 spiro atoms. The fourth-order valence-electron chi connectivity index (χ4n) is 1.25. The standard InChI is InChI=1S/C8H8N4OS/c1-14-8-11-6(9)5-4(13)2-3-10-7(5)12-8/h2-3,5H,1H3,(H2,9,10,11,12). The van der Waals surface area contributed by atoms with E-state index in [4.69, 9.17) is 5.73 Å². The Morgan fingerprint density at radius 2 is 2.29 bits per heavy atom. The van der Waals surface area contributed by atoms with Crippen LogP contribution in [0.4, 0.5) is 0 Å². The second-order valence-corrected chi connectivity index (χ2v) is 3.55. The van der Waals surface area contributed by atoms with Crippen molar-refractivity contribution in [1.29, 1.82) is 0 Å². The number of nitrogens with zero attached hydrogens (tertiary/aromatic N) is 3. The normalized spacial score (nSPS) is 25.1. The molecule has 0 fully saturated rings. The van der Waals surface area contributed by atoms with Crippen LogP contribution in [0.25, 0.3) is 0 Å². The lowest BCUT2D eigenvalue weighted by atomic mass is 9.99. The van der Waals surface area contributed by atoms with Crippen LogP contribution >= 0.6 is 11.8 Å². The van der Waals surface area contributed by atoms with E-state index in [9.17, 15) is 4.79 Å². The van der Waals surface area contributed by atoms with Crippen molar-refractivity contribution in [3.63, 3.8) is 0 Å². The highest BCUT2D eigenvalue weighted by Crippen LogP contribution is 2.17. The first-order valence-corrected chi connectivity index (χ1v) is 5.19. The minimum absolute atomic E-state index is 0.111. The van der Waals surface area contributed by atoms with Crippen molar-refractivity contribution in [2.24, 2.45) is 26.6 Å². The molecular formula is C8H8N4OS. The van der Waals surface area contributed by atoms with Crippen molar-refractivity contribution < 1.29 is 4.79 Å². The molecule has 72 valence electrons. The van der Waals surface area contributed by atoms with Crippen LogP contribution in [0.15, 0.2) is 27.3 Å². The zero-order chi connectivity index (χ0) is 10.1. The number of aliphatic imine (C=N–C) groups is 3. The first-order valence-electron chi connectivity index (χ1n) is 3.97. The Morgan fingerprint density at radius 3 is 3.00 bits per heavy atom. The van der Waals surface area contributed by atoms with Crippen molar-refractivity contribution in [3.8, 4) is 0 Å². The highest BCUT2D eigenvalue weighted by atomic mass is 32.2. The van der Waals surface area contributed by atoms with Crippen molar-refractivity contribution in [3.05, 3.63) is 12.3 Å². The van der Waals surface area contributed by atoms with Crippen LogP contribution in [0.2, 0.25) is 0 Å². The van der Waals surface area contributed by atoms with E-state index in [1.807, 2.05) is 6.26 Å². The Bertz CT molecular complexity index is 408. The third-order valence-corrected chi connectivity index (χ3v) is 2.45. The molecule has 2 rings (SSSR count). The van der Waals surface area contributed by atoms with Crippen LogP contribution in [0.1, 0.15) is 0 Å². The molecule has 2 aliphatic heterocycles. The fraction of sp³-hybridized carbons (Fsp3) is 0.250. The highest BCUT2D eigenvalue weighted by molar-refractivity contribution is 8.13. The minimum Gasteiger partial charge on any atom is -0.386 e. The number of amidine groups is 3. The zero-order valence-corrected chi connectivity index (χ0v) is 8.28. The Hall–Kier alpha value is -1.43. The number of ketones is 1. The summed E-state index contributed by atoms with van der Waals surface area (Å²) in [6, 6.07) is 0. The van der Waals surface area contributed by atoms with Gasteiger partial charge in [0.25, 0.3) is 0 Å². The Morgan fingerprint density at radius 1 is 1.50 bits per heavy atom. The van der Waals surface area contributed by atoms with Gasteiger partial charge in [0.1, 0.15) is 17.6 Å². The van der Waals surface area contributed by atoms with Crippen LogP contribution in [0.3, 0.4) is 0 Å². The summed E-state index contributed by atoms with van der Waals surface area (Å²) in [5.74, 6) is 0.0304. The number of hydrogen-bond donors (Lipinski definition) is 1. The number of nitrogens with two attached hydrogens (primary N) is 1. The van der Waals surface area contributed by atoms with E-state index in [0.717, 1.165) is 0 Å². The van der Waals surface area contributed by atoms with Crippen molar-refractivity contribution in [2.45, 2.75) is 0 Å². The third kappa shape index (κ3) is 1.37. The quantitative estimate of drug-likeness (QED) is 0.617. The van der Waals surface area contributed by atoms with Gasteiger partial charge < -0.3 is 5.73 Å². The molecule has 0 aromatic carbocycles. The SMILES string of the molecule is CSC1=NC2=NC=CC(=O)C2C(N)=N1. The van der Waals surface area contributed by atoms with E-state index in [1.165, 1.54) is 24.0 Å². The van der Waals surface area contributed by atoms with Crippen LogP contribution in [0, 0.1) is 5.92 Å². The molecule has 5 nitrogen and oxygen atoms in total. The molecule has 0 bridgehead atoms. The summed E-state index contributed by atoms with van der Waals surface area (Å²) in [6.45, 7) is 0. The van der Waals surface area contributed by atoms with E-state index in [1.54, 1.807) is 0 Å². The van der Waals surface area contributed by atoms with Gasteiger partial charge in [-0.25, -0.2) is 15.0 Å². The topological polar surface area (TPSA) is 80.2 Å². The summed E-state index contributed by atoms with van der Waals surface area (Å²) >= 11 is 1.37. The van der Waals surface area contributed by atoms with Gasteiger partial charge in [-0.3, -0.25) is 4.79 Å². The summed E-state index contributed by atoms with van der Waals surface area (Å²) in [5.41, 5.74) is 5.67. The summed E-state index contributed by atoms with van der Waals surface area (Å²) in [7, 11) is 0. The number of fused-ring (bicyclic) bond motifs is 1. The number of rotatable bonds is 0. The summed E-state index contributed by atoms with van der Waals surface area (Å²) < 4.78 is 0. The average Bonchev–Trinajstić information content (AvgIpc) is 2.17. The fourth-order valence-corrected chi connectivity index (χ4v) is 1.63. The number of carbonyl (C=O) groups excluding carboxylic acids is 1. The largest absolute Gasteiger partial charge is 0.386 e. The van der Waals surface area contributed by atoms with E-state index >= 15 is 0 Å². The van der Waals surface area contributed by atoms with Crippen molar-refractivity contribution in [2.75, 3.05) is 6.26 Å². The molecule has 0 aromatic rings. The Kier molecular flexibility index (Phi) is 2.20. The van der Waals surface area contributed by atoms with E-state index in [-0.39, 0.29) is 11.6 Å². The van der Waals surface area contributed by atoms with Gasteiger partial charge in [0.15, 0.2) is 11.0 Å². The molecule has 0 amide bonds. The van der Waals surface area contributed by atoms with E-state index in [0.29, 0.717) is 11.0 Å². The maximum atomic E-state index is 11.4. The Balaban J connectivity index is 2.45. The van der Waals surface area contributed by atoms with Crippen LogP contribution in [-0.2, 0) is 4.79 Å². The molecule has 0 radical (unpaired) electrons. The summed E-state index contributed by atoms with van der Waals surface area (Å²) in [6.07, 6.45) is 4.67. The minimum atomic E-state index is -0.573. The van der Waals surface area contributed by atoms with E-state index in [2.05, 4.69) is 15.0 Å². The molecular weight excluding hydrogens is 200 g/mol. The van der Waals surface area contributed by atoms with Crippen molar-refractivity contribution >= 4 is 34.4 Å². The van der Waals surface area contributed by atoms with Gasteiger partial charge in [-0.2, -0.15) is 0 Å². The molecule has 0 saturated carbocycles. The summed E-state index contributed by atoms with van der Waals surface area (Å²) in [5, 5.41) is 0.542. The van der Waals surface area contributed by atoms with Gasteiger partial charge in [-0.1, -0.05) is 11.8 Å². The first-order chi connectivity index (χ1) is 6.72. The lowest BCUT2D eigenvalue weighted by Gasteiger charge is -2.19. The molecule has 2 N–H and O–H groups in total. The molecule has 14 heavy (non-hydrogen) atoms. The maximum Gasteiger partial charge on any atom is 0.190 e. The van der Waals surface area contributed by atoms with Crippen LogP contribution < -0.4 is 5.73 Å². The van der Waals surface area contributed by atoms with Gasteiger partial charge in [0.05, 0.1) is 0 Å². The predicted molar refractivity (Wildman–Crippen MR) is 57.6 cm³/mol. The molecule has 1 atom stereocenters. The molecule has 0 saturated heterocycles. The molecule has 0 aliphatic carbocycles. The lowest BCUT2D eigenvalue weighted by Crippen LogP contribution is -2.39. The molecule has 2 heterocycles. The lowest BCUT2D eigenvalue weighted by molar-refractivity contribution is -0.115. The van der Waals surface area contributed by atoms with Crippen molar-refractivity contribution in [1.82, 2.24) is 0 Å². The molecule has 6 heteroatoms. The predicted octanol–water partition coefficient (Wildman–Crippen LogP) is 0.187. The average molecular weight is 208 g/mol. The van der Waals surface area contributed by atoms with Gasteiger partial charge >= 0.3 is 0 Å². The van der Waals surface area contributed by atoms with Gasteiger partial charge in [-0.05, 0) is 6.26 Å². The molecule has 0 aromatic heterocycles. The third-order valence-electron chi connectivity index (χ3n) is 1.90. The Labute approximate surface area is 84.9 Å². The maximum absolute atomic E-state index is 11.4. The van der Waals surface area contributed by atoms with Crippen LogP contribution in [-0.4, -0.2) is 28.9 Å². The highest BCUT2D eigenvalue weighted by Gasteiger charge is 2.31. The zero-order valence-electron chi connectivity index (χ0n) is 7.47. The van der Waals surface area contributed by atoms with Gasteiger partial charge in [-0.15, -0.1) is 0 Å². The second-order valence-electron chi connectivity index (χ2n) is 2.77. The van der Waals surface area contributed by atoms with E-state index < -0.39 is 5.92 Å². The van der Waals surface area contributed by atoms with Gasteiger partial charge in [0.2, 0.25) is 0 Å². The monoisotopic (exact) mass is 208 g/mol. The second kappa shape index (κ2) is 3.38. The number of thioether (sulfide) groups is 1. The number of allylic oxidation sites excluding steroid dienone is 1. The summed E-state index contributed by atoms with van der Waals surface area (Å²) in [4.78, 5) is 23.6. The smallest absolute Gasteiger partial charge is 0.190 e. The van der Waals surface area contributed by atoms with Gasteiger partial charge in [0, 0.05) is 12.3 Å². The number of carbonyl (C=O) groups is 1. The first kappa shape index (κ1) is 9.14. The molecule has 1 unspecified atom stereocenters. The molecule has 2 aliphatic rings. The number of hydrogen-bond acceptors (Lipinski definition) is 6.